The summed E-state index contributed by atoms with van der Waals surface area (Å²) in [5.74, 6) is -0.0891. The standard InChI is InChI=1S/C13H14N6O/c1-8(2)19-7-6-9-10(4-3-5-11(9)19)12(20)14-13-15-17-18-16-13/h3-8H,1-2H3,(H2,14,15,16,17,18,20). The molecule has 0 saturated carbocycles. The lowest BCUT2D eigenvalue weighted by atomic mass is 10.1. The summed E-state index contributed by atoms with van der Waals surface area (Å²) in [5.41, 5.74) is 1.62. The smallest absolute Gasteiger partial charge is 0.270 e. The molecule has 102 valence electrons. The third-order valence-electron chi connectivity index (χ3n) is 3.13. The van der Waals surface area contributed by atoms with Crippen LogP contribution in [0.3, 0.4) is 0 Å². The minimum absolute atomic E-state index is 0.162. The zero-order valence-electron chi connectivity index (χ0n) is 11.2. The van der Waals surface area contributed by atoms with E-state index in [-0.39, 0.29) is 11.9 Å². The van der Waals surface area contributed by atoms with Gasteiger partial charge >= 0.3 is 0 Å². The van der Waals surface area contributed by atoms with Gasteiger partial charge in [0.15, 0.2) is 0 Å². The molecular weight excluding hydrogens is 256 g/mol. The summed E-state index contributed by atoms with van der Waals surface area (Å²) in [6.45, 7) is 4.21. The van der Waals surface area contributed by atoms with Crippen molar-refractivity contribution in [2.45, 2.75) is 19.9 Å². The first-order valence-electron chi connectivity index (χ1n) is 6.31. The molecule has 0 aliphatic rings. The minimum Gasteiger partial charge on any atom is -0.345 e. The van der Waals surface area contributed by atoms with Crippen LogP contribution in [0.15, 0.2) is 30.5 Å². The van der Waals surface area contributed by atoms with E-state index >= 15 is 0 Å². The maximum absolute atomic E-state index is 12.3. The van der Waals surface area contributed by atoms with Crippen molar-refractivity contribution >= 4 is 22.8 Å². The molecule has 0 fully saturated rings. The van der Waals surface area contributed by atoms with Crippen molar-refractivity contribution in [2.75, 3.05) is 5.32 Å². The summed E-state index contributed by atoms with van der Waals surface area (Å²) in [5, 5.41) is 16.6. The Bertz CT molecular complexity index is 743. The van der Waals surface area contributed by atoms with Crippen LogP contribution in [0.5, 0.6) is 0 Å². The predicted molar refractivity (Wildman–Crippen MR) is 74.5 cm³/mol. The Morgan fingerprint density at radius 1 is 1.35 bits per heavy atom. The van der Waals surface area contributed by atoms with Gasteiger partial charge < -0.3 is 4.57 Å². The largest absolute Gasteiger partial charge is 0.345 e. The van der Waals surface area contributed by atoms with Crippen LogP contribution in [-0.2, 0) is 0 Å². The predicted octanol–water partition coefficient (Wildman–Crippen LogP) is 1.99. The number of benzene rings is 1. The molecule has 0 aliphatic carbocycles. The maximum Gasteiger partial charge on any atom is 0.270 e. The van der Waals surface area contributed by atoms with E-state index in [2.05, 4.69) is 44.4 Å². The Morgan fingerprint density at radius 2 is 2.20 bits per heavy atom. The molecule has 1 amide bonds. The lowest BCUT2D eigenvalue weighted by Crippen LogP contribution is -2.13. The number of carbonyl (C=O) groups excluding carboxylic acids is 1. The highest BCUT2D eigenvalue weighted by molar-refractivity contribution is 6.12. The number of anilines is 1. The number of hydrogen-bond donors (Lipinski definition) is 2. The second kappa shape index (κ2) is 4.76. The van der Waals surface area contributed by atoms with Crippen LogP contribution < -0.4 is 5.32 Å². The Labute approximate surface area is 115 Å². The number of H-pyrrole nitrogens is 1. The van der Waals surface area contributed by atoms with Crippen LogP contribution in [0.25, 0.3) is 10.9 Å². The summed E-state index contributed by atoms with van der Waals surface area (Å²) in [7, 11) is 0. The van der Waals surface area contributed by atoms with E-state index in [1.165, 1.54) is 0 Å². The molecule has 2 heterocycles. The highest BCUT2D eigenvalue weighted by atomic mass is 16.1. The lowest BCUT2D eigenvalue weighted by Gasteiger charge is -2.10. The molecule has 3 rings (SSSR count). The van der Waals surface area contributed by atoms with E-state index < -0.39 is 0 Å². The number of rotatable bonds is 3. The van der Waals surface area contributed by atoms with Gasteiger partial charge in [0.25, 0.3) is 11.9 Å². The molecule has 1 aromatic carbocycles. The summed E-state index contributed by atoms with van der Waals surface area (Å²) >= 11 is 0. The van der Waals surface area contributed by atoms with E-state index in [9.17, 15) is 4.79 Å². The van der Waals surface area contributed by atoms with E-state index in [4.69, 9.17) is 0 Å². The summed E-state index contributed by atoms with van der Waals surface area (Å²) < 4.78 is 2.13. The average molecular weight is 270 g/mol. The molecule has 0 unspecified atom stereocenters. The number of hydrogen-bond acceptors (Lipinski definition) is 4. The number of carbonyl (C=O) groups is 1. The van der Waals surface area contributed by atoms with Crippen molar-refractivity contribution in [1.29, 1.82) is 0 Å². The van der Waals surface area contributed by atoms with Gasteiger partial charge in [0.1, 0.15) is 0 Å². The number of amides is 1. The molecule has 2 N–H and O–H groups in total. The van der Waals surface area contributed by atoms with E-state index in [0.29, 0.717) is 11.6 Å². The second-order valence-electron chi connectivity index (χ2n) is 4.74. The molecule has 0 atom stereocenters. The molecule has 0 saturated heterocycles. The molecular formula is C13H14N6O. The molecule has 0 radical (unpaired) electrons. The van der Waals surface area contributed by atoms with Crippen molar-refractivity contribution in [3.8, 4) is 0 Å². The molecule has 20 heavy (non-hydrogen) atoms. The normalized spacial score (nSPS) is 11.2. The Morgan fingerprint density at radius 3 is 2.90 bits per heavy atom. The van der Waals surface area contributed by atoms with Gasteiger partial charge in [-0.2, -0.15) is 5.21 Å². The number of aromatic amines is 1. The lowest BCUT2D eigenvalue weighted by molar-refractivity contribution is 0.102. The van der Waals surface area contributed by atoms with Gasteiger partial charge in [-0.15, -0.1) is 5.10 Å². The SMILES string of the molecule is CC(C)n1ccc2c(C(=O)Nc3nn[nH]n3)cccc21. The van der Waals surface area contributed by atoms with Crippen molar-refractivity contribution < 1.29 is 4.79 Å². The van der Waals surface area contributed by atoms with Crippen LogP contribution in [0.2, 0.25) is 0 Å². The Hall–Kier alpha value is -2.70. The first-order valence-corrected chi connectivity index (χ1v) is 6.31. The van der Waals surface area contributed by atoms with Crippen LogP contribution >= 0.6 is 0 Å². The van der Waals surface area contributed by atoms with Crippen molar-refractivity contribution in [2.24, 2.45) is 0 Å². The fourth-order valence-electron chi connectivity index (χ4n) is 2.22. The number of fused-ring (bicyclic) bond motifs is 1. The van der Waals surface area contributed by atoms with E-state index in [1.807, 2.05) is 24.4 Å². The first-order chi connectivity index (χ1) is 9.66. The molecule has 0 bridgehead atoms. The Balaban J connectivity index is 2.01. The van der Waals surface area contributed by atoms with Gasteiger partial charge in [-0.1, -0.05) is 11.2 Å². The second-order valence-corrected chi connectivity index (χ2v) is 4.74. The zero-order valence-corrected chi connectivity index (χ0v) is 11.2. The van der Waals surface area contributed by atoms with Gasteiger partial charge in [-0.05, 0) is 37.3 Å². The minimum atomic E-state index is -0.251. The maximum atomic E-state index is 12.3. The highest BCUT2D eigenvalue weighted by Gasteiger charge is 2.14. The third-order valence-corrected chi connectivity index (χ3v) is 3.13. The Kier molecular flexibility index (Phi) is 2.94. The van der Waals surface area contributed by atoms with Crippen molar-refractivity contribution in [3.63, 3.8) is 0 Å². The van der Waals surface area contributed by atoms with Crippen LogP contribution in [0, 0.1) is 0 Å². The molecule has 0 spiro atoms. The van der Waals surface area contributed by atoms with Gasteiger partial charge in [-0.3, -0.25) is 10.1 Å². The molecule has 2 aromatic heterocycles. The first kappa shape index (κ1) is 12.3. The summed E-state index contributed by atoms with van der Waals surface area (Å²) in [4.78, 5) is 12.3. The quantitative estimate of drug-likeness (QED) is 0.761. The molecule has 7 heteroatoms. The summed E-state index contributed by atoms with van der Waals surface area (Å²) in [6, 6.07) is 7.93. The van der Waals surface area contributed by atoms with Crippen LogP contribution in [-0.4, -0.2) is 31.1 Å². The van der Waals surface area contributed by atoms with Gasteiger partial charge in [-0.25, -0.2) is 0 Å². The number of nitrogens with one attached hydrogen (secondary N) is 2. The van der Waals surface area contributed by atoms with Crippen LogP contribution in [0.1, 0.15) is 30.2 Å². The highest BCUT2D eigenvalue weighted by Crippen LogP contribution is 2.23. The zero-order chi connectivity index (χ0) is 14.1. The van der Waals surface area contributed by atoms with Crippen LogP contribution in [0.4, 0.5) is 5.95 Å². The molecule has 3 aromatic rings. The van der Waals surface area contributed by atoms with E-state index in [1.54, 1.807) is 6.07 Å². The fraction of sp³-hybridized carbons (Fsp3) is 0.231. The number of nitrogens with zero attached hydrogens (tertiary/aromatic N) is 4. The van der Waals surface area contributed by atoms with E-state index in [0.717, 1.165) is 10.9 Å². The third kappa shape index (κ3) is 2.03. The number of tetrazole rings is 1. The van der Waals surface area contributed by atoms with Crippen molar-refractivity contribution in [3.05, 3.63) is 36.0 Å². The monoisotopic (exact) mass is 270 g/mol. The van der Waals surface area contributed by atoms with Crippen molar-refractivity contribution in [1.82, 2.24) is 25.2 Å². The van der Waals surface area contributed by atoms with Gasteiger partial charge in [0.05, 0.1) is 0 Å². The summed E-state index contributed by atoms with van der Waals surface area (Å²) in [6.07, 6.45) is 1.99. The molecule has 7 nitrogen and oxygen atoms in total. The van der Waals surface area contributed by atoms with Gasteiger partial charge in [0, 0.05) is 28.7 Å². The number of aromatic nitrogens is 5. The molecule has 0 aliphatic heterocycles. The van der Waals surface area contributed by atoms with Gasteiger partial charge in [0.2, 0.25) is 0 Å². The average Bonchev–Trinajstić information content (AvgIpc) is 3.06. The fourth-order valence-corrected chi connectivity index (χ4v) is 2.22. The topological polar surface area (TPSA) is 88.5 Å².